The van der Waals surface area contributed by atoms with Crippen molar-refractivity contribution in [1.82, 2.24) is 9.97 Å². The minimum Gasteiger partial charge on any atom is -0.378 e. The molecule has 0 saturated carbocycles. The van der Waals surface area contributed by atoms with Crippen LogP contribution in [0.5, 0.6) is 0 Å². The molecule has 0 amide bonds. The summed E-state index contributed by atoms with van der Waals surface area (Å²) in [6.45, 7) is 2.83. The van der Waals surface area contributed by atoms with Gasteiger partial charge in [0.2, 0.25) is 0 Å². The van der Waals surface area contributed by atoms with Crippen molar-refractivity contribution in [3.63, 3.8) is 0 Å². The van der Waals surface area contributed by atoms with Crippen LogP contribution in [0.3, 0.4) is 0 Å². The van der Waals surface area contributed by atoms with E-state index in [1.165, 1.54) is 6.33 Å². The van der Waals surface area contributed by atoms with Crippen molar-refractivity contribution in [3.05, 3.63) is 12.4 Å². The van der Waals surface area contributed by atoms with Crippen molar-refractivity contribution in [3.8, 4) is 0 Å². The number of rotatable bonds is 2. The molecule has 2 fully saturated rings. The molecule has 3 rings (SSSR count). The Kier molecular flexibility index (Phi) is 4.34. The summed E-state index contributed by atoms with van der Waals surface area (Å²) in [5.74, 6) is 1.21. The zero-order valence-electron chi connectivity index (χ0n) is 11.9. The van der Waals surface area contributed by atoms with Crippen LogP contribution in [0, 0.1) is 0 Å². The molecular weight excluding hydrogens is 301 g/mol. The maximum Gasteiger partial charge on any atom is 0.416 e. The van der Waals surface area contributed by atoms with Gasteiger partial charge < -0.3 is 19.3 Å². The molecule has 0 spiro atoms. The summed E-state index contributed by atoms with van der Waals surface area (Å²) in [4.78, 5) is 11.9. The number of morpholine rings is 2. The standard InChI is InChI=1S/C13H17F3N4O2/c14-13(15,16)10-8-20(3-6-22-10)12-7-11(17-9-18-12)19-1-4-21-5-2-19/h7,9-10H,1-6,8H2/t10-/m1/s1. The normalized spacial score (nSPS) is 23.7. The van der Waals surface area contributed by atoms with Crippen LogP contribution in [0.25, 0.3) is 0 Å². The number of nitrogens with zero attached hydrogens (tertiary/aromatic N) is 4. The van der Waals surface area contributed by atoms with Gasteiger partial charge >= 0.3 is 6.18 Å². The van der Waals surface area contributed by atoms with Gasteiger partial charge in [0.05, 0.1) is 26.4 Å². The number of alkyl halides is 3. The van der Waals surface area contributed by atoms with Crippen LogP contribution in [0.1, 0.15) is 0 Å². The third kappa shape index (κ3) is 3.41. The van der Waals surface area contributed by atoms with Crippen LogP contribution in [0.15, 0.2) is 12.4 Å². The lowest BCUT2D eigenvalue weighted by Crippen LogP contribution is -2.49. The second-order valence-corrected chi connectivity index (χ2v) is 5.18. The molecular formula is C13H17F3N4O2. The molecule has 122 valence electrons. The molecule has 22 heavy (non-hydrogen) atoms. The highest BCUT2D eigenvalue weighted by molar-refractivity contribution is 5.50. The quantitative estimate of drug-likeness (QED) is 0.813. The summed E-state index contributed by atoms with van der Waals surface area (Å²) >= 11 is 0. The molecule has 0 aliphatic carbocycles. The van der Waals surface area contributed by atoms with E-state index in [0.29, 0.717) is 44.5 Å². The lowest BCUT2D eigenvalue weighted by atomic mass is 10.2. The number of anilines is 2. The van der Waals surface area contributed by atoms with Gasteiger partial charge in [0.1, 0.15) is 18.0 Å². The van der Waals surface area contributed by atoms with Crippen LogP contribution in [-0.4, -0.2) is 68.2 Å². The molecule has 2 aliphatic rings. The zero-order valence-corrected chi connectivity index (χ0v) is 11.9. The van der Waals surface area contributed by atoms with Gasteiger partial charge in [-0.2, -0.15) is 13.2 Å². The highest BCUT2D eigenvalue weighted by atomic mass is 19.4. The van der Waals surface area contributed by atoms with Gasteiger partial charge in [0.15, 0.2) is 6.10 Å². The molecule has 0 aromatic carbocycles. The van der Waals surface area contributed by atoms with E-state index in [9.17, 15) is 13.2 Å². The van der Waals surface area contributed by atoms with Crippen LogP contribution < -0.4 is 9.80 Å². The topological polar surface area (TPSA) is 50.7 Å². The van der Waals surface area contributed by atoms with Crippen molar-refractivity contribution in [2.45, 2.75) is 12.3 Å². The van der Waals surface area contributed by atoms with Crippen LogP contribution in [0.2, 0.25) is 0 Å². The van der Waals surface area contributed by atoms with E-state index in [-0.39, 0.29) is 13.2 Å². The molecule has 0 unspecified atom stereocenters. The average Bonchev–Trinajstić information content (AvgIpc) is 2.55. The molecule has 1 aromatic rings. The minimum absolute atomic E-state index is 0.0288. The molecule has 0 bridgehead atoms. The highest BCUT2D eigenvalue weighted by Gasteiger charge is 2.43. The van der Waals surface area contributed by atoms with Crippen molar-refractivity contribution in [2.24, 2.45) is 0 Å². The first-order valence-corrected chi connectivity index (χ1v) is 7.12. The summed E-state index contributed by atoms with van der Waals surface area (Å²) in [5, 5.41) is 0. The maximum absolute atomic E-state index is 12.8. The number of aromatic nitrogens is 2. The fraction of sp³-hybridized carbons (Fsp3) is 0.692. The largest absolute Gasteiger partial charge is 0.416 e. The molecule has 2 aliphatic heterocycles. The fourth-order valence-corrected chi connectivity index (χ4v) is 2.53. The summed E-state index contributed by atoms with van der Waals surface area (Å²) in [6, 6.07) is 1.73. The summed E-state index contributed by atoms with van der Waals surface area (Å²) in [7, 11) is 0. The maximum atomic E-state index is 12.8. The third-order valence-electron chi connectivity index (χ3n) is 3.73. The van der Waals surface area contributed by atoms with Crippen LogP contribution in [0.4, 0.5) is 24.8 Å². The molecule has 3 heterocycles. The molecule has 1 atom stereocenters. The second kappa shape index (κ2) is 6.25. The summed E-state index contributed by atoms with van der Waals surface area (Å²) in [6.07, 6.45) is -4.75. The Balaban J connectivity index is 1.74. The predicted octanol–water partition coefficient (Wildman–Crippen LogP) is 1.08. The Morgan fingerprint density at radius 2 is 1.64 bits per heavy atom. The first kappa shape index (κ1) is 15.3. The third-order valence-corrected chi connectivity index (χ3v) is 3.73. The molecule has 6 nitrogen and oxygen atoms in total. The van der Waals surface area contributed by atoms with E-state index in [4.69, 9.17) is 9.47 Å². The zero-order chi connectivity index (χ0) is 15.6. The van der Waals surface area contributed by atoms with Gasteiger partial charge in [-0.05, 0) is 0 Å². The van der Waals surface area contributed by atoms with Gasteiger partial charge in [0.25, 0.3) is 0 Å². The first-order chi connectivity index (χ1) is 10.5. The van der Waals surface area contributed by atoms with Crippen molar-refractivity contribution in [1.29, 1.82) is 0 Å². The SMILES string of the molecule is FC(F)(F)[C@H]1CN(c2cc(N3CCOCC3)ncn2)CCO1. The molecule has 0 N–H and O–H groups in total. The minimum atomic E-state index is -4.36. The second-order valence-electron chi connectivity index (χ2n) is 5.18. The van der Waals surface area contributed by atoms with Crippen LogP contribution >= 0.6 is 0 Å². The predicted molar refractivity (Wildman–Crippen MR) is 73.1 cm³/mol. The summed E-state index contributed by atoms with van der Waals surface area (Å²) in [5.41, 5.74) is 0. The van der Waals surface area contributed by atoms with Gasteiger partial charge in [-0.3, -0.25) is 0 Å². The van der Waals surface area contributed by atoms with Crippen molar-refractivity contribution < 1.29 is 22.6 Å². The van der Waals surface area contributed by atoms with E-state index >= 15 is 0 Å². The van der Waals surface area contributed by atoms with Gasteiger partial charge in [-0.25, -0.2) is 9.97 Å². The highest BCUT2D eigenvalue weighted by Crippen LogP contribution is 2.28. The van der Waals surface area contributed by atoms with Gasteiger partial charge in [-0.15, -0.1) is 0 Å². The monoisotopic (exact) mass is 318 g/mol. The van der Waals surface area contributed by atoms with E-state index < -0.39 is 12.3 Å². The van der Waals surface area contributed by atoms with Crippen molar-refractivity contribution >= 4 is 11.6 Å². The Labute approximate surface area is 125 Å². The summed E-state index contributed by atoms with van der Waals surface area (Å²) < 4.78 is 48.5. The van der Waals surface area contributed by atoms with E-state index in [1.807, 2.05) is 4.90 Å². The Hall–Kier alpha value is -1.61. The van der Waals surface area contributed by atoms with Gasteiger partial charge in [0, 0.05) is 25.7 Å². The lowest BCUT2D eigenvalue weighted by molar-refractivity contribution is -0.221. The van der Waals surface area contributed by atoms with E-state index in [2.05, 4.69) is 9.97 Å². The van der Waals surface area contributed by atoms with E-state index in [1.54, 1.807) is 11.0 Å². The number of hydrogen-bond acceptors (Lipinski definition) is 6. The Bertz CT molecular complexity index is 508. The van der Waals surface area contributed by atoms with Gasteiger partial charge in [-0.1, -0.05) is 0 Å². The molecule has 1 aromatic heterocycles. The number of hydrogen-bond donors (Lipinski definition) is 0. The Morgan fingerprint density at radius 1 is 1.00 bits per heavy atom. The molecule has 2 saturated heterocycles. The Morgan fingerprint density at radius 3 is 2.32 bits per heavy atom. The number of halogens is 3. The fourth-order valence-electron chi connectivity index (χ4n) is 2.53. The average molecular weight is 318 g/mol. The first-order valence-electron chi connectivity index (χ1n) is 7.12. The number of ether oxygens (including phenoxy) is 2. The van der Waals surface area contributed by atoms with Crippen LogP contribution in [-0.2, 0) is 9.47 Å². The molecule has 9 heteroatoms. The van der Waals surface area contributed by atoms with Crippen molar-refractivity contribution in [2.75, 3.05) is 55.8 Å². The lowest BCUT2D eigenvalue weighted by Gasteiger charge is -2.35. The smallest absolute Gasteiger partial charge is 0.378 e. The molecule has 0 radical (unpaired) electrons. The van der Waals surface area contributed by atoms with E-state index in [0.717, 1.165) is 0 Å².